The lowest BCUT2D eigenvalue weighted by atomic mass is 10.1. The third-order valence-corrected chi connectivity index (χ3v) is 5.27. The first kappa shape index (κ1) is 16.4. The Morgan fingerprint density at radius 1 is 1.26 bits per heavy atom. The summed E-state index contributed by atoms with van der Waals surface area (Å²) in [6.45, 7) is 3.50. The molecule has 1 aromatic carbocycles. The van der Waals surface area contributed by atoms with Crippen LogP contribution in [0.25, 0.3) is 5.78 Å². The fraction of sp³-hybridized carbons (Fsp3) is 0.400. The van der Waals surface area contributed by atoms with E-state index in [2.05, 4.69) is 27.2 Å². The van der Waals surface area contributed by atoms with E-state index in [-0.39, 0.29) is 12.0 Å². The summed E-state index contributed by atoms with van der Waals surface area (Å²) in [7, 11) is 0. The summed E-state index contributed by atoms with van der Waals surface area (Å²) in [5, 5.41) is 4.26. The highest BCUT2D eigenvalue weighted by molar-refractivity contribution is 5.94. The van der Waals surface area contributed by atoms with Crippen LogP contribution in [0.2, 0.25) is 0 Å². The molecular formula is C20H21N5O2. The monoisotopic (exact) mass is 363 g/mol. The molecule has 0 radical (unpaired) electrons. The number of aryl methyl sites for hydroxylation is 1. The van der Waals surface area contributed by atoms with Crippen molar-refractivity contribution in [2.45, 2.75) is 31.8 Å². The van der Waals surface area contributed by atoms with Gasteiger partial charge >= 0.3 is 0 Å². The van der Waals surface area contributed by atoms with Crippen LogP contribution in [0.3, 0.4) is 0 Å². The molecule has 1 amide bonds. The molecule has 2 fully saturated rings. The third kappa shape index (κ3) is 3.08. The van der Waals surface area contributed by atoms with Crippen molar-refractivity contribution in [2.75, 3.05) is 19.7 Å². The topological polar surface area (TPSA) is 72.6 Å². The minimum atomic E-state index is -0.250. The number of amides is 1. The Labute approximate surface area is 157 Å². The van der Waals surface area contributed by atoms with Crippen LogP contribution in [-0.2, 0) is 4.74 Å². The maximum atomic E-state index is 13.1. The zero-order chi connectivity index (χ0) is 18.4. The fourth-order valence-corrected chi connectivity index (χ4v) is 3.73. The fourth-order valence-electron chi connectivity index (χ4n) is 3.73. The number of carbonyl (C=O) groups is 1. The van der Waals surface area contributed by atoms with Crippen LogP contribution in [0.4, 0.5) is 0 Å². The molecular weight excluding hydrogens is 342 g/mol. The second-order valence-electron chi connectivity index (χ2n) is 7.30. The highest BCUT2D eigenvalue weighted by Crippen LogP contribution is 2.40. The Bertz CT molecular complexity index is 1010. The summed E-state index contributed by atoms with van der Waals surface area (Å²) in [6.07, 6.45) is 3.69. The summed E-state index contributed by atoms with van der Waals surface area (Å²) in [5.41, 5.74) is 3.77. The summed E-state index contributed by atoms with van der Waals surface area (Å²) < 4.78 is 7.67. The average molecular weight is 363 g/mol. The molecule has 5 rings (SSSR count). The largest absolute Gasteiger partial charge is 0.368 e. The first-order chi connectivity index (χ1) is 13.2. The maximum absolute atomic E-state index is 13.1. The summed E-state index contributed by atoms with van der Waals surface area (Å²) in [5.74, 6) is 1.25. The molecule has 2 aromatic heterocycles. The first-order valence-corrected chi connectivity index (χ1v) is 9.37. The summed E-state index contributed by atoms with van der Waals surface area (Å²) in [6, 6.07) is 10.0. The molecule has 1 saturated heterocycles. The minimum Gasteiger partial charge on any atom is -0.368 e. The van der Waals surface area contributed by atoms with E-state index in [0.717, 1.165) is 17.0 Å². The molecule has 0 bridgehead atoms. The van der Waals surface area contributed by atoms with Crippen molar-refractivity contribution in [3.8, 4) is 0 Å². The molecule has 1 atom stereocenters. The average Bonchev–Trinajstić information content (AvgIpc) is 3.45. The Morgan fingerprint density at radius 3 is 3.00 bits per heavy atom. The molecule has 7 heteroatoms. The Hall–Kier alpha value is -2.80. The lowest BCUT2D eigenvalue weighted by molar-refractivity contribution is -0.0257. The van der Waals surface area contributed by atoms with E-state index in [1.807, 2.05) is 30.0 Å². The van der Waals surface area contributed by atoms with Crippen LogP contribution < -0.4 is 0 Å². The van der Waals surface area contributed by atoms with Crippen molar-refractivity contribution in [1.82, 2.24) is 24.5 Å². The lowest BCUT2D eigenvalue weighted by Crippen LogP contribution is -2.42. The van der Waals surface area contributed by atoms with Gasteiger partial charge in [0.05, 0.1) is 18.8 Å². The number of benzene rings is 1. The van der Waals surface area contributed by atoms with E-state index >= 15 is 0 Å². The molecule has 1 unspecified atom stereocenters. The van der Waals surface area contributed by atoms with Gasteiger partial charge in [0.1, 0.15) is 12.4 Å². The van der Waals surface area contributed by atoms with Crippen LogP contribution in [0.15, 0.2) is 36.7 Å². The van der Waals surface area contributed by atoms with Gasteiger partial charge in [0.15, 0.2) is 0 Å². The minimum absolute atomic E-state index is 0.0615. The van der Waals surface area contributed by atoms with E-state index in [4.69, 9.17) is 4.74 Å². The number of fused-ring (bicyclic) bond motifs is 1. The molecule has 0 spiro atoms. The van der Waals surface area contributed by atoms with Gasteiger partial charge in [-0.25, -0.2) is 4.98 Å². The van der Waals surface area contributed by atoms with E-state index in [1.165, 1.54) is 24.7 Å². The van der Waals surface area contributed by atoms with Crippen molar-refractivity contribution >= 4 is 11.7 Å². The van der Waals surface area contributed by atoms with Gasteiger partial charge in [-0.3, -0.25) is 4.79 Å². The number of hydrogen-bond donors (Lipinski definition) is 0. The van der Waals surface area contributed by atoms with Gasteiger partial charge in [-0.1, -0.05) is 12.1 Å². The molecule has 3 heterocycles. The molecule has 7 nitrogen and oxygen atoms in total. The number of aromatic nitrogens is 4. The standard InChI is InChI=1S/C20H21N5O2/c1-13-9-17(25-20(23-13)21-12-22-25)18-11-24(7-8-27-18)19(26)16-4-2-3-15(10-16)14-5-6-14/h2-4,9-10,12,14,18H,5-8,11H2,1H3. The van der Waals surface area contributed by atoms with Crippen LogP contribution in [0.5, 0.6) is 0 Å². The van der Waals surface area contributed by atoms with Crippen LogP contribution >= 0.6 is 0 Å². The molecule has 138 valence electrons. The number of hydrogen-bond acceptors (Lipinski definition) is 5. The highest BCUT2D eigenvalue weighted by atomic mass is 16.5. The number of ether oxygens (including phenoxy) is 1. The summed E-state index contributed by atoms with van der Waals surface area (Å²) >= 11 is 0. The summed E-state index contributed by atoms with van der Waals surface area (Å²) in [4.78, 5) is 23.5. The number of morpholine rings is 1. The van der Waals surface area contributed by atoms with E-state index in [0.29, 0.717) is 31.4 Å². The van der Waals surface area contributed by atoms with Gasteiger partial charge in [0.2, 0.25) is 0 Å². The van der Waals surface area contributed by atoms with Crippen molar-refractivity contribution in [3.63, 3.8) is 0 Å². The van der Waals surface area contributed by atoms with E-state index in [1.54, 1.807) is 4.52 Å². The number of rotatable bonds is 3. The van der Waals surface area contributed by atoms with Crippen LogP contribution in [0.1, 0.15) is 52.2 Å². The third-order valence-electron chi connectivity index (χ3n) is 5.27. The normalized spacial score (nSPS) is 20.2. The SMILES string of the molecule is Cc1cc(C2CN(C(=O)c3cccc(C4CC4)c3)CCO2)n2ncnc2n1. The molecule has 0 N–H and O–H groups in total. The van der Waals surface area contributed by atoms with Gasteiger partial charge in [-0.15, -0.1) is 0 Å². The van der Waals surface area contributed by atoms with Gasteiger partial charge in [-0.05, 0) is 49.4 Å². The molecule has 27 heavy (non-hydrogen) atoms. The Morgan fingerprint density at radius 2 is 2.15 bits per heavy atom. The van der Waals surface area contributed by atoms with Crippen molar-refractivity contribution in [1.29, 1.82) is 0 Å². The molecule has 2 aliphatic rings. The molecule has 1 aliphatic heterocycles. The second kappa shape index (κ2) is 6.42. The highest BCUT2D eigenvalue weighted by Gasteiger charge is 2.29. The van der Waals surface area contributed by atoms with Crippen LogP contribution in [0, 0.1) is 6.92 Å². The van der Waals surface area contributed by atoms with Gasteiger partial charge in [0, 0.05) is 17.8 Å². The van der Waals surface area contributed by atoms with Gasteiger partial charge < -0.3 is 9.64 Å². The predicted octanol–water partition coefficient (Wildman–Crippen LogP) is 2.52. The van der Waals surface area contributed by atoms with E-state index < -0.39 is 0 Å². The second-order valence-corrected chi connectivity index (χ2v) is 7.30. The molecule has 3 aromatic rings. The van der Waals surface area contributed by atoms with Gasteiger partial charge in [-0.2, -0.15) is 14.6 Å². The van der Waals surface area contributed by atoms with E-state index in [9.17, 15) is 4.79 Å². The first-order valence-electron chi connectivity index (χ1n) is 9.37. The van der Waals surface area contributed by atoms with Crippen molar-refractivity contribution in [3.05, 3.63) is 59.2 Å². The quantitative estimate of drug-likeness (QED) is 0.715. The molecule has 1 saturated carbocycles. The Kier molecular flexibility index (Phi) is 3.89. The Balaban J connectivity index is 1.41. The number of carbonyl (C=O) groups excluding carboxylic acids is 1. The zero-order valence-electron chi connectivity index (χ0n) is 15.2. The predicted molar refractivity (Wildman–Crippen MR) is 98.5 cm³/mol. The lowest BCUT2D eigenvalue weighted by Gasteiger charge is -2.33. The van der Waals surface area contributed by atoms with Crippen molar-refractivity contribution < 1.29 is 9.53 Å². The number of nitrogens with zero attached hydrogens (tertiary/aromatic N) is 5. The van der Waals surface area contributed by atoms with Crippen LogP contribution in [-0.4, -0.2) is 50.1 Å². The zero-order valence-corrected chi connectivity index (χ0v) is 15.2. The molecule has 1 aliphatic carbocycles. The van der Waals surface area contributed by atoms with Crippen molar-refractivity contribution in [2.24, 2.45) is 0 Å². The van der Waals surface area contributed by atoms with Gasteiger partial charge in [0.25, 0.3) is 11.7 Å². The smallest absolute Gasteiger partial charge is 0.254 e. The maximum Gasteiger partial charge on any atom is 0.254 e.